The van der Waals surface area contributed by atoms with Gasteiger partial charge in [-0.15, -0.1) is 0 Å². The third-order valence-electron chi connectivity index (χ3n) is 2.72. The number of nitrogens with zero attached hydrogens (tertiary/aromatic N) is 2. The lowest BCUT2D eigenvalue weighted by molar-refractivity contribution is 0.617. The smallest absolute Gasteiger partial charge is 0.224 e. The van der Waals surface area contributed by atoms with E-state index < -0.39 is 0 Å². The number of anilines is 2. The van der Waals surface area contributed by atoms with Crippen LogP contribution in [-0.2, 0) is 0 Å². The molecule has 0 atom stereocenters. The summed E-state index contributed by atoms with van der Waals surface area (Å²) in [5.41, 5.74) is 0. The molecule has 0 unspecified atom stereocenters. The maximum atomic E-state index is 4.31. The molecular weight excluding hydrogens is 212 g/mol. The molecule has 1 heterocycles. The van der Waals surface area contributed by atoms with E-state index in [1.807, 2.05) is 13.1 Å². The first-order chi connectivity index (χ1) is 8.36. The summed E-state index contributed by atoms with van der Waals surface area (Å²) in [5, 5.41) is 6.25. The van der Waals surface area contributed by atoms with E-state index in [4.69, 9.17) is 0 Å². The molecule has 0 bridgehead atoms. The standard InChI is InChI=1S/C13H24N4/c1-3-4-5-6-7-8-10-15-12-9-11-16-13(14-2)17-12/h9,11H,3-8,10H2,1-2H3,(H2,14,15,16,17). The normalized spacial score (nSPS) is 10.2. The van der Waals surface area contributed by atoms with Crippen LogP contribution < -0.4 is 10.6 Å². The van der Waals surface area contributed by atoms with Crippen molar-refractivity contribution in [1.82, 2.24) is 9.97 Å². The van der Waals surface area contributed by atoms with Crippen molar-refractivity contribution in [3.63, 3.8) is 0 Å². The van der Waals surface area contributed by atoms with E-state index >= 15 is 0 Å². The van der Waals surface area contributed by atoms with Gasteiger partial charge in [0.25, 0.3) is 0 Å². The summed E-state index contributed by atoms with van der Waals surface area (Å²) in [6.07, 6.45) is 9.67. The van der Waals surface area contributed by atoms with E-state index in [1.54, 1.807) is 6.20 Å². The summed E-state index contributed by atoms with van der Waals surface area (Å²) in [6, 6.07) is 1.90. The Kier molecular flexibility index (Phi) is 7.11. The summed E-state index contributed by atoms with van der Waals surface area (Å²) in [4.78, 5) is 8.38. The Balaban J connectivity index is 2.09. The minimum Gasteiger partial charge on any atom is -0.370 e. The Morgan fingerprint density at radius 2 is 1.88 bits per heavy atom. The highest BCUT2D eigenvalue weighted by Crippen LogP contribution is 2.07. The third kappa shape index (κ3) is 6.09. The van der Waals surface area contributed by atoms with E-state index in [0.717, 1.165) is 12.4 Å². The number of hydrogen-bond acceptors (Lipinski definition) is 4. The summed E-state index contributed by atoms with van der Waals surface area (Å²) in [5.74, 6) is 1.57. The number of rotatable bonds is 9. The Hall–Kier alpha value is -1.32. The van der Waals surface area contributed by atoms with Crippen molar-refractivity contribution in [1.29, 1.82) is 0 Å². The fraction of sp³-hybridized carbons (Fsp3) is 0.692. The molecule has 0 saturated carbocycles. The Morgan fingerprint density at radius 3 is 2.65 bits per heavy atom. The van der Waals surface area contributed by atoms with Gasteiger partial charge in [-0.2, -0.15) is 4.98 Å². The quantitative estimate of drug-likeness (QED) is 0.646. The van der Waals surface area contributed by atoms with Crippen LogP contribution in [0.15, 0.2) is 12.3 Å². The van der Waals surface area contributed by atoms with Crippen molar-refractivity contribution >= 4 is 11.8 Å². The second-order valence-electron chi connectivity index (χ2n) is 4.21. The van der Waals surface area contributed by atoms with Gasteiger partial charge in [0.1, 0.15) is 5.82 Å². The zero-order chi connectivity index (χ0) is 12.3. The van der Waals surface area contributed by atoms with Crippen molar-refractivity contribution in [2.45, 2.75) is 45.4 Å². The molecule has 0 radical (unpaired) electrons. The van der Waals surface area contributed by atoms with Gasteiger partial charge in [-0.1, -0.05) is 39.0 Å². The zero-order valence-corrected chi connectivity index (χ0v) is 11.0. The maximum Gasteiger partial charge on any atom is 0.224 e. The summed E-state index contributed by atoms with van der Waals surface area (Å²) >= 11 is 0. The van der Waals surface area contributed by atoms with Crippen LogP contribution in [0.2, 0.25) is 0 Å². The van der Waals surface area contributed by atoms with Gasteiger partial charge in [-0.05, 0) is 12.5 Å². The van der Waals surface area contributed by atoms with Crippen molar-refractivity contribution in [2.24, 2.45) is 0 Å². The predicted molar refractivity (Wildman–Crippen MR) is 73.4 cm³/mol. The average molecular weight is 236 g/mol. The third-order valence-corrected chi connectivity index (χ3v) is 2.72. The lowest BCUT2D eigenvalue weighted by Gasteiger charge is -2.06. The van der Waals surface area contributed by atoms with Gasteiger partial charge in [0.05, 0.1) is 0 Å². The summed E-state index contributed by atoms with van der Waals surface area (Å²) in [7, 11) is 1.83. The number of aromatic nitrogens is 2. The highest BCUT2D eigenvalue weighted by Gasteiger charge is 1.96. The van der Waals surface area contributed by atoms with Crippen LogP contribution in [0.25, 0.3) is 0 Å². The van der Waals surface area contributed by atoms with Crippen LogP contribution in [0.4, 0.5) is 11.8 Å². The minimum atomic E-state index is 0.665. The van der Waals surface area contributed by atoms with Crippen molar-refractivity contribution in [2.75, 3.05) is 24.2 Å². The molecule has 0 fully saturated rings. The van der Waals surface area contributed by atoms with Crippen molar-refractivity contribution in [3.8, 4) is 0 Å². The van der Waals surface area contributed by atoms with Gasteiger partial charge in [0.15, 0.2) is 0 Å². The molecule has 0 aliphatic carbocycles. The van der Waals surface area contributed by atoms with E-state index in [-0.39, 0.29) is 0 Å². The van der Waals surface area contributed by atoms with Gasteiger partial charge < -0.3 is 10.6 Å². The molecule has 0 saturated heterocycles. The second kappa shape index (κ2) is 8.79. The van der Waals surface area contributed by atoms with E-state index in [0.29, 0.717) is 5.95 Å². The number of hydrogen-bond donors (Lipinski definition) is 2. The van der Waals surface area contributed by atoms with Crippen LogP contribution >= 0.6 is 0 Å². The molecule has 0 aliphatic rings. The van der Waals surface area contributed by atoms with Gasteiger partial charge in [0.2, 0.25) is 5.95 Å². The maximum absolute atomic E-state index is 4.31. The van der Waals surface area contributed by atoms with Crippen LogP contribution in [0.5, 0.6) is 0 Å². The molecule has 2 N–H and O–H groups in total. The fourth-order valence-electron chi connectivity index (χ4n) is 1.70. The van der Waals surface area contributed by atoms with Crippen LogP contribution in [-0.4, -0.2) is 23.6 Å². The molecule has 0 aliphatic heterocycles. The molecular formula is C13H24N4. The molecule has 96 valence electrons. The monoisotopic (exact) mass is 236 g/mol. The first kappa shape index (κ1) is 13.7. The molecule has 17 heavy (non-hydrogen) atoms. The lowest BCUT2D eigenvalue weighted by Crippen LogP contribution is -2.05. The molecule has 0 amide bonds. The highest BCUT2D eigenvalue weighted by atomic mass is 15.1. The Labute approximate surface area is 104 Å². The molecule has 4 heteroatoms. The number of unbranched alkanes of at least 4 members (excludes halogenated alkanes) is 5. The van der Waals surface area contributed by atoms with Gasteiger partial charge in [-0.3, -0.25) is 0 Å². The highest BCUT2D eigenvalue weighted by molar-refractivity contribution is 5.38. The van der Waals surface area contributed by atoms with E-state index in [9.17, 15) is 0 Å². The molecule has 1 aromatic heterocycles. The summed E-state index contributed by atoms with van der Waals surface area (Å²) in [6.45, 7) is 3.24. The summed E-state index contributed by atoms with van der Waals surface area (Å²) < 4.78 is 0. The Morgan fingerprint density at radius 1 is 1.12 bits per heavy atom. The van der Waals surface area contributed by atoms with Crippen molar-refractivity contribution < 1.29 is 0 Å². The molecule has 0 aromatic carbocycles. The van der Waals surface area contributed by atoms with Crippen molar-refractivity contribution in [3.05, 3.63) is 12.3 Å². The van der Waals surface area contributed by atoms with Gasteiger partial charge >= 0.3 is 0 Å². The predicted octanol–water partition coefficient (Wildman–Crippen LogP) is 3.29. The van der Waals surface area contributed by atoms with Crippen LogP contribution in [0.1, 0.15) is 45.4 Å². The molecule has 1 rings (SSSR count). The first-order valence-electron chi connectivity index (χ1n) is 6.61. The van der Waals surface area contributed by atoms with E-state index in [1.165, 1.54) is 38.5 Å². The number of nitrogens with one attached hydrogen (secondary N) is 2. The topological polar surface area (TPSA) is 49.8 Å². The molecule has 4 nitrogen and oxygen atoms in total. The van der Waals surface area contributed by atoms with Crippen LogP contribution in [0, 0.1) is 0 Å². The first-order valence-corrected chi connectivity index (χ1v) is 6.61. The second-order valence-corrected chi connectivity index (χ2v) is 4.21. The molecule has 1 aromatic rings. The Bertz CT molecular complexity index is 301. The fourth-order valence-corrected chi connectivity index (χ4v) is 1.70. The largest absolute Gasteiger partial charge is 0.370 e. The SMILES string of the molecule is CCCCCCCCNc1ccnc(NC)n1. The average Bonchev–Trinajstić information content (AvgIpc) is 2.38. The van der Waals surface area contributed by atoms with Crippen LogP contribution in [0.3, 0.4) is 0 Å². The molecule has 0 spiro atoms. The minimum absolute atomic E-state index is 0.665. The van der Waals surface area contributed by atoms with E-state index in [2.05, 4.69) is 27.5 Å². The van der Waals surface area contributed by atoms with Gasteiger partial charge in [0, 0.05) is 19.8 Å². The lowest BCUT2D eigenvalue weighted by atomic mass is 10.1. The van der Waals surface area contributed by atoms with Gasteiger partial charge in [-0.25, -0.2) is 4.98 Å². The zero-order valence-electron chi connectivity index (χ0n) is 11.0.